The summed E-state index contributed by atoms with van der Waals surface area (Å²) < 4.78 is 4.77. The molecule has 0 radical (unpaired) electrons. The van der Waals surface area contributed by atoms with Gasteiger partial charge in [-0.05, 0) is 27.2 Å². The van der Waals surface area contributed by atoms with Crippen LogP contribution in [0.15, 0.2) is 0 Å². The average Bonchev–Trinajstić information content (AvgIpc) is 2.15. The van der Waals surface area contributed by atoms with E-state index in [1.54, 1.807) is 13.8 Å². The highest BCUT2D eigenvalue weighted by molar-refractivity contribution is 5.85. The second-order valence-electron chi connectivity index (χ2n) is 3.54. The number of hydrogen-bond donors (Lipinski definition) is 2. The Morgan fingerprint density at radius 3 is 2.38 bits per heavy atom. The zero-order valence-electron chi connectivity index (χ0n) is 9.99. The van der Waals surface area contributed by atoms with Gasteiger partial charge in [0.2, 0.25) is 5.91 Å². The van der Waals surface area contributed by atoms with Gasteiger partial charge in [-0.3, -0.25) is 9.59 Å². The van der Waals surface area contributed by atoms with Crippen molar-refractivity contribution in [3.63, 3.8) is 0 Å². The maximum absolute atomic E-state index is 11.2. The first-order valence-corrected chi connectivity index (χ1v) is 5.19. The fourth-order valence-corrected chi connectivity index (χ4v) is 1.01. The first kappa shape index (κ1) is 17.6. The monoisotopic (exact) mass is 252 g/mol. The molecule has 2 unspecified atom stereocenters. The van der Waals surface area contributed by atoms with Crippen molar-refractivity contribution in [2.45, 2.75) is 45.7 Å². The number of hydrogen-bond acceptors (Lipinski definition) is 4. The van der Waals surface area contributed by atoms with Gasteiger partial charge in [0.25, 0.3) is 0 Å². The van der Waals surface area contributed by atoms with E-state index in [4.69, 9.17) is 10.5 Å². The predicted molar refractivity (Wildman–Crippen MR) is 64.4 cm³/mol. The lowest BCUT2D eigenvalue weighted by Crippen LogP contribution is -2.42. The van der Waals surface area contributed by atoms with Crippen molar-refractivity contribution in [1.82, 2.24) is 5.32 Å². The molecule has 6 heteroatoms. The third-order valence-corrected chi connectivity index (χ3v) is 1.89. The highest BCUT2D eigenvalue weighted by Crippen LogP contribution is 1.98. The SMILES string of the molecule is CCOC(=O)CCC(C)NC(=O)C(C)N.Cl. The highest BCUT2D eigenvalue weighted by atomic mass is 35.5. The molecule has 0 aliphatic carbocycles. The molecule has 0 aromatic heterocycles. The molecule has 96 valence electrons. The minimum absolute atomic E-state index is 0. The first-order chi connectivity index (χ1) is 6.97. The molecule has 0 aliphatic rings. The molecule has 0 heterocycles. The van der Waals surface area contributed by atoms with Crippen LogP contribution in [0, 0.1) is 0 Å². The Hall–Kier alpha value is -0.810. The Bertz CT molecular complexity index is 222. The third-order valence-electron chi connectivity index (χ3n) is 1.89. The zero-order valence-corrected chi connectivity index (χ0v) is 10.8. The molecule has 3 N–H and O–H groups in total. The van der Waals surface area contributed by atoms with Crippen LogP contribution < -0.4 is 11.1 Å². The molecule has 5 nitrogen and oxygen atoms in total. The fraction of sp³-hybridized carbons (Fsp3) is 0.800. The van der Waals surface area contributed by atoms with Crippen LogP contribution in [0.4, 0.5) is 0 Å². The van der Waals surface area contributed by atoms with Gasteiger partial charge in [0, 0.05) is 12.5 Å². The van der Waals surface area contributed by atoms with Crippen LogP contribution in [0.2, 0.25) is 0 Å². The molecule has 2 atom stereocenters. The van der Waals surface area contributed by atoms with Gasteiger partial charge in [-0.15, -0.1) is 12.4 Å². The van der Waals surface area contributed by atoms with Crippen molar-refractivity contribution >= 4 is 24.3 Å². The predicted octanol–water partition coefficient (Wildman–Crippen LogP) is 0.603. The lowest BCUT2D eigenvalue weighted by atomic mass is 10.1. The maximum Gasteiger partial charge on any atom is 0.305 e. The quantitative estimate of drug-likeness (QED) is 0.679. The molecular weight excluding hydrogens is 232 g/mol. The molecule has 0 fully saturated rings. The van der Waals surface area contributed by atoms with E-state index in [2.05, 4.69) is 5.32 Å². The van der Waals surface area contributed by atoms with E-state index < -0.39 is 6.04 Å². The van der Waals surface area contributed by atoms with Gasteiger partial charge in [0.05, 0.1) is 12.6 Å². The van der Waals surface area contributed by atoms with Crippen molar-refractivity contribution in [3.8, 4) is 0 Å². The molecule has 16 heavy (non-hydrogen) atoms. The van der Waals surface area contributed by atoms with E-state index >= 15 is 0 Å². The summed E-state index contributed by atoms with van der Waals surface area (Å²) in [7, 11) is 0. The summed E-state index contributed by atoms with van der Waals surface area (Å²) in [6.45, 7) is 5.60. The van der Waals surface area contributed by atoms with Crippen LogP contribution in [0.3, 0.4) is 0 Å². The largest absolute Gasteiger partial charge is 0.466 e. The number of rotatable bonds is 6. The first-order valence-electron chi connectivity index (χ1n) is 5.19. The van der Waals surface area contributed by atoms with Gasteiger partial charge >= 0.3 is 5.97 Å². The lowest BCUT2D eigenvalue weighted by Gasteiger charge is -2.14. The molecular formula is C10H21ClN2O3. The average molecular weight is 253 g/mol. The summed E-state index contributed by atoms with van der Waals surface area (Å²) in [5.74, 6) is -0.439. The summed E-state index contributed by atoms with van der Waals surface area (Å²) >= 11 is 0. The van der Waals surface area contributed by atoms with Gasteiger partial charge < -0.3 is 15.8 Å². The Kier molecular flexibility index (Phi) is 10.3. The van der Waals surface area contributed by atoms with Gasteiger partial charge in [-0.1, -0.05) is 0 Å². The van der Waals surface area contributed by atoms with Gasteiger partial charge in [-0.2, -0.15) is 0 Å². The summed E-state index contributed by atoms with van der Waals surface area (Å²) in [6.07, 6.45) is 0.880. The van der Waals surface area contributed by atoms with Crippen molar-refractivity contribution in [2.24, 2.45) is 5.73 Å². The van der Waals surface area contributed by atoms with Crippen LogP contribution in [0.1, 0.15) is 33.6 Å². The molecule has 0 aromatic carbocycles. The van der Waals surface area contributed by atoms with E-state index in [1.807, 2.05) is 6.92 Å². The standard InChI is InChI=1S/C10H20N2O3.ClH/c1-4-15-9(13)6-5-7(2)12-10(14)8(3)11;/h7-8H,4-6,11H2,1-3H3,(H,12,14);1H. The van der Waals surface area contributed by atoms with E-state index in [1.165, 1.54) is 0 Å². The molecule has 0 aromatic rings. The van der Waals surface area contributed by atoms with Crippen LogP contribution in [-0.4, -0.2) is 30.6 Å². The molecule has 0 saturated heterocycles. The van der Waals surface area contributed by atoms with Crippen molar-refractivity contribution < 1.29 is 14.3 Å². The number of ether oxygens (including phenoxy) is 1. The van der Waals surface area contributed by atoms with E-state index in [0.29, 0.717) is 19.4 Å². The number of carbonyl (C=O) groups is 2. The summed E-state index contributed by atoms with van der Waals surface area (Å²) in [6, 6.07) is -0.581. The summed E-state index contributed by atoms with van der Waals surface area (Å²) in [5.41, 5.74) is 5.38. The normalized spacial score (nSPS) is 13.2. The second-order valence-corrected chi connectivity index (χ2v) is 3.54. The number of halogens is 1. The number of esters is 1. The second kappa shape index (κ2) is 9.42. The molecule has 1 amide bonds. The number of nitrogens with one attached hydrogen (secondary N) is 1. The minimum atomic E-state index is -0.518. The van der Waals surface area contributed by atoms with Gasteiger partial charge in [0.15, 0.2) is 0 Å². The Labute approximate surface area is 103 Å². The summed E-state index contributed by atoms with van der Waals surface area (Å²) in [5, 5.41) is 2.71. The number of carbonyl (C=O) groups excluding carboxylic acids is 2. The number of nitrogens with two attached hydrogens (primary N) is 1. The Morgan fingerprint density at radius 2 is 1.94 bits per heavy atom. The third kappa shape index (κ3) is 8.49. The van der Waals surface area contributed by atoms with Crippen molar-refractivity contribution in [1.29, 1.82) is 0 Å². The zero-order chi connectivity index (χ0) is 11.8. The molecule has 0 spiro atoms. The Morgan fingerprint density at radius 1 is 1.38 bits per heavy atom. The minimum Gasteiger partial charge on any atom is -0.466 e. The van der Waals surface area contributed by atoms with E-state index in [9.17, 15) is 9.59 Å². The van der Waals surface area contributed by atoms with Crippen LogP contribution in [0.5, 0.6) is 0 Å². The molecule has 0 aliphatic heterocycles. The topological polar surface area (TPSA) is 81.4 Å². The van der Waals surface area contributed by atoms with Crippen molar-refractivity contribution in [2.75, 3.05) is 6.61 Å². The molecule has 0 bridgehead atoms. The Balaban J connectivity index is 0. The summed E-state index contributed by atoms with van der Waals surface area (Å²) in [4.78, 5) is 22.2. The fourth-order valence-electron chi connectivity index (χ4n) is 1.01. The van der Waals surface area contributed by atoms with E-state index in [-0.39, 0.29) is 30.3 Å². The molecule has 0 rings (SSSR count). The van der Waals surface area contributed by atoms with Crippen LogP contribution >= 0.6 is 12.4 Å². The van der Waals surface area contributed by atoms with E-state index in [0.717, 1.165) is 0 Å². The van der Waals surface area contributed by atoms with Crippen LogP contribution in [-0.2, 0) is 14.3 Å². The maximum atomic E-state index is 11.2. The van der Waals surface area contributed by atoms with Gasteiger partial charge in [-0.25, -0.2) is 0 Å². The highest BCUT2D eigenvalue weighted by Gasteiger charge is 2.12. The van der Waals surface area contributed by atoms with Crippen molar-refractivity contribution in [3.05, 3.63) is 0 Å². The van der Waals surface area contributed by atoms with Gasteiger partial charge in [0.1, 0.15) is 0 Å². The lowest BCUT2D eigenvalue weighted by molar-refractivity contribution is -0.143. The molecule has 0 saturated carbocycles. The van der Waals surface area contributed by atoms with Crippen LogP contribution in [0.25, 0.3) is 0 Å². The number of amides is 1. The smallest absolute Gasteiger partial charge is 0.305 e.